The van der Waals surface area contributed by atoms with Crippen LogP contribution in [0.2, 0.25) is 0 Å². The highest BCUT2D eigenvalue weighted by Gasteiger charge is 2.24. The number of rotatable bonds is 5. The zero-order chi connectivity index (χ0) is 22.8. The number of anilines is 1. The molecule has 0 spiro atoms. The number of esters is 1. The Hall–Kier alpha value is -3.92. The van der Waals surface area contributed by atoms with Gasteiger partial charge in [0.05, 0.1) is 12.0 Å². The van der Waals surface area contributed by atoms with Gasteiger partial charge < -0.3 is 10.1 Å². The second-order valence-electron chi connectivity index (χ2n) is 6.56. The quantitative estimate of drug-likeness (QED) is 0.457. The molecule has 10 heteroatoms. The first-order valence-electron chi connectivity index (χ1n) is 9.44. The number of para-hydroxylation sites is 1. The van der Waals surface area contributed by atoms with Gasteiger partial charge in [0.25, 0.3) is 11.5 Å². The van der Waals surface area contributed by atoms with Gasteiger partial charge in [-0.25, -0.2) is 13.6 Å². The minimum Gasteiger partial charge on any atom is -0.461 e. The molecule has 32 heavy (non-hydrogen) atoms. The molecule has 0 unspecified atom stereocenters. The van der Waals surface area contributed by atoms with E-state index in [0.29, 0.717) is 0 Å². The standard InChI is InChI=1S/C22H15F2N3O4S/c1-2-31-22(30)18-14-11-32-20(25-19(28)12-6-5-7-13(23)10-12)17(14)21(29)27(26-18)16-9-4-3-8-15(16)24/h3-11H,2H2,1H3,(H,25,28). The molecule has 2 heterocycles. The molecule has 0 fully saturated rings. The van der Waals surface area contributed by atoms with Crippen LogP contribution in [0.3, 0.4) is 0 Å². The van der Waals surface area contributed by atoms with Crippen LogP contribution in [0.15, 0.2) is 58.7 Å². The van der Waals surface area contributed by atoms with E-state index in [-0.39, 0.29) is 39.3 Å². The Kier molecular flexibility index (Phi) is 5.78. The molecule has 4 rings (SSSR count). The van der Waals surface area contributed by atoms with Crippen molar-refractivity contribution in [2.45, 2.75) is 6.92 Å². The molecule has 2 aromatic carbocycles. The lowest BCUT2D eigenvalue weighted by Crippen LogP contribution is -2.26. The molecule has 4 aromatic rings. The molecule has 0 aliphatic rings. The number of ether oxygens (including phenoxy) is 1. The molecule has 0 saturated carbocycles. The van der Waals surface area contributed by atoms with Crippen LogP contribution in [0.4, 0.5) is 13.8 Å². The monoisotopic (exact) mass is 455 g/mol. The number of benzene rings is 2. The van der Waals surface area contributed by atoms with Gasteiger partial charge in [-0.15, -0.1) is 11.3 Å². The van der Waals surface area contributed by atoms with Crippen LogP contribution in [0.1, 0.15) is 27.8 Å². The topological polar surface area (TPSA) is 90.3 Å². The molecular formula is C22H15F2N3O4S. The molecule has 0 radical (unpaired) electrons. The van der Waals surface area contributed by atoms with Crippen LogP contribution in [0.5, 0.6) is 0 Å². The molecule has 7 nitrogen and oxygen atoms in total. The van der Waals surface area contributed by atoms with Crippen molar-refractivity contribution in [1.29, 1.82) is 0 Å². The van der Waals surface area contributed by atoms with E-state index in [2.05, 4.69) is 10.4 Å². The number of hydrogen-bond acceptors (Lipinski definition) is 6. The number of nitrogens with one attached hydrogen (secondary N) is 1. The molecule has 1 amide bonds. The third kappa shape index (κ3) is 3.87. The summed E-state index contributed by atoms with van der Waals surface area (Å²) < 4.78 is 33.7. The second kappa shape index (κ2) is 8.67. The van der Waals surface area contributed by atoms with Gasteiger partial charge in [-0.2, -0.15) is 9.78 Å². The maximum Gasteiger partial charge on any atom is 0.359 e. The van der Waals surface area contributed by atoms with E-state index < -0.39 is 29.1 Å². The SMILES string of the molecule is CCOC(=O)c1nn(-c2ccccc2F)c(=O)c2c(NC(=O)c3cccc(F)c3)scc12. The van der Waals surface area contributed by atoms with E-state index in [1.807, 2.05) is 0 Å². The summed E-state index contributed by atoms with van der Waals surface area (Å²) in [7, 11) is 0. The number of thiophene rings is 1. The second-order valence-corrected chi connectivity index (χ2v) is 7.44. The van der Waals surface area contributed by atoms with Crippen LogP contribution in [-0.4, -0.2) is 28.3 Å². The Morgan fingerprint density at radius 1 is 1.16 bits per heavy atom. The number of carbonyl (C=O) groups excluding carboxylic acids is 2. The van der Waals surface area contributed by atoms with E-state index in [4.69, 9.17) is 4.74 Å². The number of halogens is 2. The van der Waals surface area contributed by atoms with Crippen molar-refractivity contribution in [2.24, 2.45) is 0 Å². The largest absolute Gasteiger partial charge is 0.461 e. The molecule has 162 valence electrons. The number of amides is 1. The Bertz CT molecular complexity index is 1410. The van der Waals surface area contributed by atoms with Crippen molar-refractivity contribution in [3.8, 4) is 5.69 Å². The lowest BCUT2D eigenvalue weighted by atomic mass is 10.2. The van der Waals surface area contributed by atoms with Gasteiger partial charge in [-0.05, 0) is 37.3 Å². The van der Waals surface area contributed by atoms with Gasteiger partial charge in [0.1, 0.15) is 22.3 Å². The predicted molar refractivity (Wildman–Crippen MR) is 115 cm³/mol. The number of aromatic nitrogens is 2. The van der Waals surface area contributed by atoms with E-state index in [0.717, 1.165) is 28.2 Å². The van der Waals surface area contributed by atoms with Gasteiger partial charge >= 0.3 is 5.97 Å². The van der Waals surface area contributed by atoms with Gasteiger partial charge in [0, 0.05) is 16.3 Å². The summed E-state index contributed by atoms with van der Waals surface area (Å²) in [6.45, 7) is 1.67. The Morgan fingerprint density at radius 2 is 1.94 bits per heavy atom. The van der Waals surface area contributed by atoms with Crippen molar-refractivity contribution in [3.63, 3.8) is 0 Å². The Labute approximate surface area is 183 Å². The fourth-order valence-corrected chi connectivity index (χ4v) is 4.02. The molecule has 2 aromatic heterocycles. The van der Waals surface area contributed by atoms with Crippen LogP contribution in [-0.2, 0) is 4.74 Å². The highest BCUT2D eigenvalue weighted by molar-refractivity contribution is 7.16. The van der Waals surface area contributed by atoms with Gasteiger partial charge in [-0.3, -0.25) is 9.59 Å². The van der Waals surface area contributed by atoms with E-state index >= 15 is 0 Å². The first-order chi connectivity index (χ1) is 15.4. The molecule has 0 bridgehead atoms. The van der Waals surface area contributed by atoms with Crippen LogP contribution >= 0.6 is 11.3 Å². The minimum absolute atomic E-state index is 0.0407. The van der Waals surface area contributed by atoms with Crippen LogP contribution in [0, 0.1) is 11.6 Å². The highest BCUT2D eigenvalue weighted by Crippen LogP contribution is 2.31. The highest BCUT2D eigenvalue weighted by atomic mass is 32.1. The summed E-state index contributed by atoms with van der Waals surface area (Å²) in [5.41, 5.74) is -1.07. The first kappa shape index (κ1) is 21.3. The van der Waals surface area contributed by atoms with Crippen molar-refractivity contribution < 1.29 is 23.1 Å². The lowest BCUT2D eigenvalue weighted by molar-refractivity contribution is 0.0519. The van der Waals surface area contributed by atoms with Crippen molar-refractivity contribution in [1.82, 2.24) is 9.78 Å². The number of fused-ring (bicyclic) bond motifs is 1. The van der Waals surface area contributed by atoms with Crippen LogP contribution in [0.25, 0.3) is 16.5 Å². The smallest absolute Gasteiger partial charge is 0.359 e. The van der Waals surface area contributed by atoms with Gasteiger partial charge in [-0.1, -0.05) is 18.2 Å². The molecular weight excluding hydrogens is 440 g/mol. The number of nitrogens with zero attached hydrogens (tertiary/aromatic N) is 2. The van der Waals surface area contributed by atoms with Crippen molar-refractivity contribution in [2.75, 3.05) is 11.9 Å². The number of hydrogen-bond donors (Lipinski definition) is 1. The fraction of sp³-hybridized carbons (Fsp3) is 0.0909. The first-order valence-corrected chi connectivity index (χ1v) is 10.3. The van der Waals surface area contributed by atoms with E-state index in [9.17, 15) is 23.2 Å². The zero-order valence-corrected chi connectivity index (χ0v) is 17.4. The Morgan fingerprint density at radius 3 is 2.66 bits per heavy atom. The van der Waals surface area contributed by atoms with Crippen molar-refractivity contribution in [3.05, 3.63) is 87.2 Å². The minimum atomic E-state index is -0.802. The summed E-state index contributed by atoms with van der Waals surface area (Å²) in [4.78, 5) is 38.4. The third-order valence-corrected chi connectivity index (χ3v) is 5.41. The average molecular weight is 455 g/mol. The summed E-state index contributed by atoms with van der Waals surface area (Å²) in [5.74, 6) is -2.77. The molecule has 1 N–H and O–H groups in total. The average Bonchev–Trinajstić information content (AvgIpc) is 3.19. The molecule has 0 aliphatic carbocycles. The maximum atomic E-state index is 14.4. The van der Waals surface area contributed by atoms with E-state index in [1.165, 1.54) is 41.8 Å². The molecule has 0 atom stereocenters. The normalized spacial score (nSPS) is 10.8. The summed E-state index contributed by atoms with van der Waals surface area (Å²) in [6, 6.07) is 10.5. The van der Waals surface area contributed by atoms with E-state index in [1.54, 1.807) is 6.92 Å². The fourth-order valence-electron chi connectivity index (χ4n) is 3.08. The van der Waals surface area contributed by atoms with Gasteiger partial charge in [0.2, 0.25) is 0 Å². The number of carbonyl (C=O) groups is 2. The zero-order valence-electron chi connectivity index (χ0n) is 16.6. The third-order valence-electron chi connectivity index (χ3n) is 4.52. The summed E-state index contributed by atoms with van der Waals surface area (Å²) >= 11 is 0.981. The lowest BCUT2D eigenvalue weighted by Gasteiger charge is -2.10. The molecule has 0 aliphatic heterocycles. The van der Waals surface area contributed by atoms with Gasteiger partial charge in [0.15, 0.2) is 5.69 Å². The maximum absolute atomic E-state index is 14.4. The Balaban J connectivity index is 1.91. The molecule has 0 saturated heterocycles. The summed E-state index contributed by atoms with van der Waals surface area (Å²) in [6.07, 6.45) is 0. The predicted octanol–water partition coefficient (Wildman–Crippen LogP) is 4.15. The summed E-state index contributed by atoms with van der Waals surface area (Å²) in [5, 5.41) is 8.31. The van der Waals surface area contributed by atoms with Crippen molar-refractivity contribution >= 4 is 39.0 Å². The van der Waals surface area contributed by atoms with Crippen LogP contribution < -0.4 is 10.9 Å².